The van der Waals surface area contributed by atoms with Gasteiger partial charge in [-0.2, -0.15) is 8.42 Å². The number of hydrogen-bond acceptors (Lipinski definition) is 3. The molecule has 1 aromatic rings. The monoisotopic (exact) mass is 210 g/mol. The molecule has 13 heavy (non-hydrogen) atoms. The van der Waals surface area contributed by atoms with Crippen LogP contribution < -0.4 is 35.3 Å². The Hall–Kier alpha value is -0.0700. The number of rotatable bonds is 2. The smallest absolute Gasteiger partial charge is 0.399 e. The summed E-state index contributed by atoms with van der Waals surface area (Å²) < 4.78 is 29.3. The standard InChI is InChI=1S/C7H9NO3S.Na/c8-7-3-1-6(2-4-7)5-12(9,10)11;/h1-4H,5,8H2,(H,9,10,11);/q;+1. The van der Waals surface area contributed by atoms with Gasteiger partial charge in [0.15, 0.2) is 0 Å². The van der Waals surface area contributed by atoms with Crippen molar-refractivity contribution in [2.24, 2.45) is 0 Å². The van der Waals surface area contributed by atoms with Crippen molar-refractivity contribution in [1.29, 1.82) is 0 Å². The van der Waals surface area contributed by atoms with E-state index in [9.17, 15) is 8.42 Å². The molecule has 0 aliphatic rings. The first-order valence-corrected chi connectivity index (χ1v) is 4.88. The van der Waals surface area contributed by atoms with Gasteiger partial charge in [-0.1, -0.05) is 12.1 Å². The van der Waals surface area contributed by atoms with Gasteiger partial charge in [-0.15, -0.1) is 0 Å². The largest absolute Gasteiger partial charge is 1.00 e. The minimum Gasteiger partial charge on any atom is -0.399 e. The van der Waals surface area contributed by atoms with Crippen LogP contribution in [0.4, 0.5) is 5.69 Å². The van der Waals surface area contributed by atoms with E-state index in [4.69, 9.17) is 10.3 Å². The van der Waals surface area contributed by atoms with E-state index < -0.39 is 10.1 Å². The van der Waals surface area contributed by atoms with Gasteiger partial charge in [0.1, 0.15) is 5.75 Å². The first-order chi connectivity index (χ1) is 5.47. The Kier molecular flexibility index (Phi) is 4.95. The van der Waals surface area contributed by atoms with Crippen LogP contribution in [0.5, 0.6) is 0 Å². The molecule has 0 spiro atoms. The van der Waals surface area contributed by atoms with Gasteiger partial charge in [0.05, 0.1) is 0 Å². The second kappa shape index (κ2) is 4.97. The molecule has 0 radical (unpaired) electrons. The van der Waals surface area contributed by atoms with E-state index in [1.165, 1.54) is 0 Å². The molecule has 1 aromatic carbocycles. The van der Waals surface area contributed by atoms with Gasteiger partial charge in [0.25, 0.3) is 10.1 Å². The van der Waals surface area contributed by atoms with Crippen LogP contribution in [0.1, 0.15) is 5.56 Å². The van der Waals surface area contributed by atoms with E-state index >= 15 is 0 Å². The molecule has 1 rings (SSSR count). The Bertz CT molecular complexity index is 360. The molecule has 0 saturated carbocycles. The average Bonchev–Trinajstić information content (AvgIpc) is 1.91. The summed E-state index contributed by atoms with van der Waals surface area (Å²) in [6, 6.07) is 6.28. The molecule has 3 N–H and O–H groups in total. The van der Waals surface area contributed by atoms with E-state index in [1.54, 1.807) is 24.3 Å². The molecule has 0 atom stereocenters. The first-order valence-electron chi connectivity index (χ1n) is 3.27. The zero-order valence-corrected chi connectivity index (χ0v) is 10.1. The molecule has 0 bridgehead atoms. The third-order valence-electron chi connectivity index (χ3n) is 1.33. The van der Waals surface area contributed by atoms with Gasteiger partial charge < -0.3 is 5.73 Å². The maximum Gasteiger partial charge on any atom is 1.00 e. The van der Waals surface area contributed by atoms with Crippen molar-refractivity contribution in [2.75, 3.05) is 5.73 Å². The van der Waals surface area contributed by atoms with Crippen LogP contribution in [0.2, 0.25) is 0 Å². The second-order valence-corrected chi connectivity index (χ2v) is 3.92. The van der Waals surface area contributed by atoms with E-state index in [-0.39, 0.29) is 35.3 Å². The van der Waals surface area contributed by atoms with Gasteiger partial charge >= 0.3 is 29.6 Å². The number of benzene rings is 1. The molecule has 0 heterocycles. The molecule has 66 valence electrons. The van der Waals surface area contributed by atoms with Crippen LogP contribution in [-0.4, -0.2) is 13.0 Å². The molecule has 0 fully saturated rings. The molecular weight excluding hydrogens is 201 g/mol. The number of nitrogen functional groups attached to an aromatic ring is 1. The zero-order valence-electron chi connectivity index (χ0n) is 7.27. The second-order valence-electron chi connectivity index (χ2n) is 2.47. The molecule has 0 unspecified atom stereocenters. The first kappa shape index (κ1) is 12.9. The van der Waals surface area contributed by atoms with Crippen LogP contribution in [0.15, 0.2) is 24.3 Å². The molecular formula is C7H9NNaO3S+. The van der Waals surface area contributed by atoms with Crippen molar-refractivity contribution in [1.82, 2.24) is 0 Å². The summed E-state index contributed by atoms with van der Waals surface area (Å²) in [5.74, 6) is -0.368. The Morgan fingerprint density at radius 3 is 2.08 bits per heavy atom. The Balaban J connectivity index is 0.00000144. The Morgan fingerprint density at radius 1 is 1.23 bits per heavy atom. The third kappa shape index (κ3) is 5.28. The summed E-state index contributed by atoms with van der Waals surface area (Å²) in [6.45, 7) is 0. The van der Waals surface area contributed by atoms with E-state index in [2.05, 4.69) is 0 Å². The normalized spacial score (nSPS) is 10.5. The van der Waals surface area contributed by atoms with E-state index in [0.29, 0.717) is 11.3 Å². The minimum atomic E-state index is -3.93. The van der Waals surface area contributed by atoms with Gasteiger partial charge in [-0.25, -0.2) is 0 Å². The molecule has 0 aliphatic heterocycles. The van der Waals surface area contributed by atoms with Gasteiger partial charge in [-0.3, -0.25) is 4.55 Å². The van der Waals surface area contributed by atoms with Crippen LogP contribution in [0.3, 0.4) is 0 Å². The van der Waals surface area contributed by atoms with E-state index in [1.807, 2.05) is 0 Å². The number of anilines is 1. The van der Waals surface area contributed by atoms with Crippen LogP contribution in [-0.2, 0) is 15.9 Å². The topological polar surface area (TPSA) is 80.4 Å². The van der Waals surface area contributed by atoms with Crippen LogP contribution in [0.25, 0.3) is 0 Å². The predicted molar refractivity (Wildman–Crippen MR) is 46.1 cm³/mol. The average molecular weight is 210 g/mol. The van der Waals surface area contributed by atoms with Gasteiger partial charge in [0.2, 0.25) is 0 Å². The number of nitrogens with two attached hydrogens (primary N) is 1. The fourth-order valence-electron chi connectivity index (χ4n) is 0.824. The SMILES string of the molecule is Nc1ccc(CS(=O)(=O)O)cc1.[Na+]. The fourth-order valence-corrected chi connectivity index (χ4v) is 1.44. The fraction of sp³-hybridized carbons (Fsp3) is 0.143. The van der Waals surface area contributed by atoms with Crippen molar-refractivity contribution >= 4 is 15.8 Å². The van der Waals surface area contributed by atoms with Crippen molar-refractivity contribution < 1.29 is 42.5 Å². The van der Waals surface area contributed by atoms with Crippen LogP contribution >= 0.6 is 0 Å². The summed E-state index contributed by atoms with van der Waals surface area (Å²) in [6.07, 6.45) is 0. The van der Waals surface area contributed by atoms with Crippen molar-refractivity contribution in [3.05, 3.63) is 29.8 Å². The van der Waals surface area contributed by atoms with Crippen LogP contribution in [0, 0.1) is 0 Å². The maximum absolute atomic E-state index is 10.4. The Morgan fingerprint density at radius 2 is 1.69 bits per heavy atom. The maximum atomic E-state index is 10.4. The summed E-state index contributed by atoms with van der Waals surface area (Å²) in [7, 11) is -3.93. The molecule has 6 heteroatoms. The van der Waals surface area contributed by atoms with Gasteiger partial charge in [0, 0.05) is 5.69 Å². The van der Waals surface area contributed by atoms with Crippen molar-refractivity contribution in [3.8, 4) is 0 Å². The minimum absolute atomic E-state index is 0. The molecule has 0 amide bonds. The Labute approximate surface area is 99.2 Å². The zero-order chi connectivity index (χ0) is 9.19. The third-order valence-corrected chi connectivity index (χ3v) is 2.03. The summed E-state index contributed by atoms with van der Waals surface area (Å²) >= 11 is 0. The van der Waals surface area contributed by atoms with Crippen molar-refractivity contribution in [2.45, 2.75) is 5.75 Å². The molecule has 4 nitrogen and oxygen atoms in total. The quantitative estimate of drug-likeness (QED) is 0.326. The molecule has 0 aliphatic carbocycles. The predicted octanol–water partition coefficient (Wildman–Crippen LogP) is -2.34. The van der Waals surface area contributed by atoms with Gasteiger partial charge in [-0.05, 0) is 17.7 Å². The summed E-state index contributed by atoms with van der Waals surface area (Å²) in [5, 5.41) is 0. The molecule has 0 saturated heterocycles. The summed E-state index contributed by atoms with van der Waals surface area (Å²) in [4.78, 5) is 0. The van der Waals surface area contributed by atoms with E-state index in [0.717, 1.165) is 0 Å². The molecule has 0 aromatic heterocycles. The number of hydrogen-bond donors (Lipinski definition) is 2. The summed E-state index contributed by atoms with van der Waals surface area (Å²) in [5.41, 5.74) is 6.46. The van der Waals surface area contributed by atoms with Crippen molar-refractivity contribution in [3.63, 3.8) is 0 Å².